The lowest BCUT2D eigenvalue weighted by Crippen LogP contribution is -2.17. The van der Waals surface area contributed by atoms with Crippen LogP contribution in [0.5, 0.6) is 23.0 Å². The summed E-state index contributed by atoms with van der Waals surface area (Å²) in [4.78, 5) is 53.1. The van der Waals surface area contributed by atoms with E-state index in [4.69, 9.17) is 25.4 Å². The fourth-order valence-electron chi connectivity index (χ4n) is 12.2. The minimum absolute atomic E-state index is 0.319. The summed E-state index contributed by atoms with van der Waals surface area (Å²) in [5.41, 5.74) is 15.4. The fourth-order valence-corrected chi connectivity index (χ4v) is 12.2. The first-order valence-electron chi connectivity index (χ1n) is 30.9. The zero-order valence-electron chi connectivity index (χ0n) is 52.5. The fraction of sp³-hybridized carbons (Fsp3) is 0.263. The van der Waals surface area contributed by atoms with Crippen LogP contribution in [0, 0.1) is 19.3 Å². The van der Waals surface area contributed by atoms with E-state index in [9.17, 15) is 29.7 Å². The lowest BCUT2D eigenvalue weighted by Gasteiger charge is -2.28. The third-order valence-corrected chi connectivity index (χ3v) is 17.6. The van der Waals surface area contributed by atoms with Gasteiger partial charge >= 0.3 is 17.9 Å². The Bertz CT molecular complexity index is 4080. The van der Waals surface area contributed by atoms with Crippen LogP contribution in [0.3, 0.4) is 0 Å². The second kappa shape index (κ2) is 30.2. The van der Waals surface area contributed by atoms with Crippen molar-refractivity contribution in [2.75, 3.05) is 62.8 Å². The third-order valence-electron chi connectivity index (χ3n) is 17.6. The average Bonchev–Trinajstić information content (AvgIpc) is 1.11. The average molecular weight is 1230 g/mol. The van der Waals surface area contributed by atoms with Crippen molar-refractivity contribution in [1.29, 1.82) is 0 Å². The number of methoxy groups -OCH3 is 1. The Morgan fingerprint density at radius 3 is 1.11 bits per heavy atom. The molecule has 16 heteroatoms. The van der Waals surface area contributed by atoms with Crippen molar-refractivity contribution in [3.8, 4) is 35.3 Å². The molecule has 0 unspecified atom stereocenters. The molecule has 0 aliphatic carbocycles. The highest BCUT2D eigenvalue weighted by Crippen LogP contribution is 2.43. The molecular weight excluding hydrogens is 1160 g/mol. The molecule has 16 nitrogen and oxygen atoms in total. The lowest BCUT2D eigenvalue weighted by atomic mass is 9.87. The van der Waals surface area contributed by atoms with Crippen LogP contribution in [-0.4, -0.2) is 96.3 Å². The van der Waals surface area contributed by atoms with Crippen LogP contribution in [0.1, 0.15) is 132 Å². The minimum Gasteiger partial charge on any atom is -0.497 e. The van der Waals surface area contributed by atoms with E-state index in [0.717, 1.165) is 118 Å². The van der Waals surface area contributed by atoms with E-state index in [-0.39, 0.29) is 0 Å². The first-order chi connectivity index (χ1) is 44.7. The van der Waals surface area contributed by atoms with E-state index in [1.165, 1.54) is 40.8 Å². The Balaban J connectivity index is 0.000000151. The zero-order valence-corrected chi connectivity index (χ0v) is 52.5. The highest BCUT2D eigenvalue weighted by Gasteiger charge is 2.27. The van der Waals surface area contributed by atoms with E-state index in [1.54, 1.807) is 43.9 Å². The van der Waals surface area contributed by atoms with Gasteiger partial charge in [0.15, 0.2) is 0 Å². The smallest absolute Gasteiger partial charge is 0.336 e. The summed E-state index contributed by atoms with van der Waals surface area (Å²) in [6.45, 7) is 4.07. The normalized spacial score (nSPS) is 15.0. The van der Waals surface area contributed by atoms with E-state index in [2.05, 4.69) is 128 Å². The van der Waals surface area contributed by atoms with Crippen LogP contribution >= 0.6 is 0 Å². The molecule has 0 bridgehead atoms. The molecule has 6 heterocycles. The van der Waals surface area contributed by atoms with Gasteiger partial charge < -0.3 is 49.0 Å². The van der Waals surface area contributed by atoms with Gasteiger partial charge in [0.2, 0.25) is 0 Å². The van der Waals surface area contributed by atoms with Crippen LogP contribution < -0.4 is 33.6 Å². The van der Waals surface area contributed by atoms with E-state index in [1.807, 2.05) is 62.6 Å². The number of rotatable bonds is 19. The van der Waals surface area contributed by atoms with Gasteiger partial charge in [0, 0.05) is 116 Å². The van der Waals surface area contributed by atoms with Gasteiger partial charge in [0.25, 0.3) is 0 Å². The summed E-state index contributed by atoms with van der Waals surface area (Å²) in [5, 5.41) is 28.2. The number of pyridine rings is 3. The molecule has 3 aliphatic rings. The SMILES string of the molecule is C#Cc1ccc(N(C)c2ccc3c(c2)OCC[C@H]3CCc2cnccc2C(=O)O)cc1.COc1ccc(N(C)c2ccc3c(c2)OCC[C@H]3CCc2cnccc2C(=O)O)cc1.Cc1ccc(N(C)c2ccc3c(c2)OCC[C@H]3CCc2cnccc2C(=O)O)cc1. The number of aryl methyl sites for hydroxylation is 4. The number of benzene rings is 6. The number of aromatic nitrogens is 3. The Kier molecular flexibility index (Phi) is 21.1. The number of nitrogens with zero attached hydrogens (tertiary/aromatic N) is 6. The maximum absolute atomic E-state index is 11.5. The molecule has 3 atom stereocenters. The summed E-state index contributed by atoms with van der Waals surface area (Å²) in [6, 6.07) is 48.0. The number of hydrogen-bond donors (Lipinski definition) is 3. The molecule has 0 amide bonds. The number of terminal acetylenes is 1. The second-order valence-corrected chi connectivity index (χ2v) is 23.2. The summed E-state index contributed by atoms with van der Waals surface area (Å²) >= 11 is 0. The second-order valence-electron chi connectivity index (χ2n) is 23.2. The molecule has 0 saturated carbocycles. The number of aromatic carboxylic acids is 3. The van der Waals surface area contributed by atoms with Crippen molar-refractivity contribution in [2.24, 2.45) is 0 Å². The summed E-state index contributed by atoms with van der Waals surface area (Å²) in [6.07, 6.45) is 22.4. The van der Waals surface area contributed by atoms with Crippen LogP contribution in [0.15, 0.2) is 183 Å². The number of anilines is 6. The molecule has 470 valence electrons. The highest BCUT2D eigenvalue weighted by molar-refractivity contribution is 5.90. The molecule has 3 aliphatic heterocycles. The molecule has 12 rings (SSSR count). The van der Waals surface area contributed by atoms with E-state index in [0.29, 0.717) is 73.5 Å². The molecular formula is C76H76N6O10. The maximum Gasteiger partial charge on any atom is 0.336 e. The van der Waals surface area contributed by atoms with Crippen molar-refractivity contribution >= 4 is 52.0 Å². The van der Waals surface area contributed by atoms with Crippen LogP contribution in [-0.2, 0) is 19.3 Å². The van der Waals surface area contributed by atoms with Gasteiger partial charge in [-0.05, 0) is 213 Å². The Labute approximate surface area is 537 Å². The molecule has 6 aromatic carbocycles. The Morgan fingerprint density at radius 1 is 0.478 bits per heavy atom. The molecule has 3 N–H and O–H groups in total. The Hall–Kier alpha value is -10.7. The van der Waals surface area contributed by atoms with Crippen molar-refractivity contribution in [2.45, 2.75) is 82.5 Å². The van der Waals surface area contributed by atoms with Gasteiger partial charge in [-0.25, -0.2) is 14.4 Å². The van der Waals surface area contributed by atoms with Crippen LogP contribution in [0.2, 0.25) is 0 Å². The first kappa shape index (κ1) is 64.3. The van der Waals surface area contributed by atoms with Crippen LogP contribution in [0.4, 0.5) is 34.1 Å². The largest absolute Gasteiger partial charge is 0.497 e. The van der Waals surface area contributed by atoms with E-state index >= 15 is 0 Å². The van der Waals surface area contributed by atoms with Gasteiger partial charge in [0.1, 0.15) is 23.0 Å². The molecule has 0 radical (unpaired) electrons. The first-order valence-corrected chi connectivity index (χ1v) is 30.9. The van der Waals surface area contributed by atoms with Crippen molar-refractivity contribution in [3.63, 3.8) is 0 Å². The number of carboxylic acid groups (broad SMARTS) is 3. The minimum atomic E-state index is -0.910. The van der Waals surface area contributed by atoms with Crippen LogP contribution in [0.25, 0.3) is 0 Å². The topological polar surface area (TPSA) is 197 Å². The monoisotopic (exact) mass is 1230 g/mol. The number of fused-ring (bicyclic) bond motifs is 3. The lowest BCUT2D eigenvalue weighted by molar-refractivity contribution is 0.0684. The molecule has 0 spiro atoms. The maximum atomic E-state index is 11.5. The van der Waals surface area contributed by atoms with Gasteiger partial charge in [-0.2, -0.15) is 0 Å². The quantitative estimate of drug-likeness (QED) is 0.0646. The molecule has 9 aromatic rings. The predicted molar refractivity (Wildman–Crippen MR) is 359 cm³/mol. The van der Waals surface area contributed by atoms with Gasteiger partial charge in [-0.15, -0.1) is 6.42 Å². The molecule has 0 fully saturated rings. The molecule has 92 heavy (non-hydrogen) atoms. The van der Waals surface area contributed by atoms with Gasteiger partial charge in [-0.3, -0.25) is 15.0 Å². The van der Waals surface area contributed by atoms with Crippen molar-refractivity contribution in [1.82, 2.24) is 15.0 Å². The van der Waals surface area contributed by atoms with Crippen molar-refractivity contribution < 1.29 is 48.7 Å². The summed E-state index contributed by atoms with van der Waals surface area (Å²) in [5.74, 6) is 4.45. The van der Waals surface area contributed by atoms with E-state index < -0.39 is 17.9 Å². The molecule has 3 aromatic heterocycles. The van der Waals surface area contributed by atoms with Gasteiger partial charge in [-0.1, -0.05) is 41.8 Å². The number of ether oxygens (including phenoxy) is 4. The predicted octanol–water partition coefficient (Wildman–Crippen LogP) is 15.4. The van der Waals surface area contributed by atoms with Crippen molar-refractivity contribution in [3.05, 3.63) is 244 Å². The summed E-state index contributed by atoms with van der Waals surface area (Å²) < 4.78 is 23.2. The number of carboxylic acids is 3. The Morgan fingerprint density at radius 2 is 0.793 bits per heavy atom. The third kappa shape index (κ3) is 15.7. The highest BCUT2D eigenvalue weighted by atomic mass is 16.5. The zero-order chi connectivity index (χ0) is 64.7. The van der Waals surface area contributed by atoms with Gasteiger partial charge in [0.05, 0.1) is 43.6 Å². The number of carbonyl (C=O) groups is 3. The summed E-state index contributed by atoms with van der Waals surface area (Å²) in [7, 11) is 7.76. The molecule has 0 saturated heterocycles. The standard InChI is InChI=1S/C26H24N2O3.C25H26N2O4.C25H26N2O3/c1-3-18-4-8-21(9-5-18)28(2)22-10-11-23-19(13-15-31-25(23)16-22)6-7-20-17-27-14-12-24(20)26(29)30;1-27(19-5-8-21(30-2)9-6-19)20-7-10-22-17(12-14-31-24(22)15-20)3-4-18-16-26-13-11-23(18)25(28)29;1-17-3-7-20(8-4-17)27(2)21-9-10-22-18(12-14-30-24(22)15-21)5-6-19-16-26-13-11-23(19)25(28)29/h1,4-5,8-12,14,16-17,19H,6-7,13,15H2,2H3,(H,29,30);5-11,13,15-17H,3-4,12,14H2,1-2H3,(H,28,29);3-4,7-11,13,15-16,18H,5-6,12,14H2,1-2H3,(H,28,29)/t19-;17-;18-/m111/s1. The number of hydrogen-bond acceptors (Lipinski definition) is 13.